The molecule has 1 aromatic rings. The van der Waals surface area contributed by atoms with Gasteiger partial charge >= 0.3 is 6.18 Å². The minimum absolute atomic E-state index is 0.0347. The van der Waals surface area contributed by atoms with E-state index in [1.165, 1.54) is 18.2 Å². The molecule has 2 rings (SSSR count). The second kappa shape index (κ2) is 3.75. The van der Waals surface area contributed by atoms with Crippen LogP contribution in [0.2, 0.25) is 0 Å². The number of aliphatic hydroxyl groups is 1. The van der Waals surface area contributed by atoms with Gasteiger partial charge in [0.1, 0.15) is 5.60 Å². The first-order valence-electron chi connectivity index (χ1n) is 5.03. The first-order valence-corrected chi connectivity index (χ1v) is 5.03. The van der Waals surface area contributed by atoms with Crippen LogP contribution in [0.15, 0.2) is 24.3 Å². The van der Waals surface area contributed by atoms with Crippen LogP contribution in [0.1, 0.15) is 17.5 Å². The maximum atomic E-state index is 12.7. The highest BCUT2D eigenvalue weighted by Crippen LogP contribution is 2.38. The number of alkyl halides is 3. The van der Waals surface area contributed by atoms with Gasteiger partial charge in [-0.05, 0) is 24.6 Å². The highest BCUT2D eigenvalue weighted by Gasteiger charge is 2.41. The number of benzene rings is 1. The Bertz CT molecular complexity index is 383. The Kier molecular flexibility index (Phi) is 2.67. The predicted molar refractivity (Wildman–Crippen MR) is 52.8 cm³/mol. The molecule has 0 aliphatic carbocycles. The van der Waals surface area contributed by atoms with Gasteiger partial charge in [0.2, 0.25) is 0 Å². The van der Waals surface area contributed by atoms with Crippen molar-refractivity contribution in [1.29, 1.82) is 0 Å². The van der Waals surface area contributed by atoms with E-state index in [4.69, 9.17) is 0 Å². The molecule has 2 nitrogen and oxygen atoms in total. The molecule has 1 heterocycles. The molecule has 1 atom stereocenters. The maximum absolute atomic E-state index is 12.7. The van der Waals surface area contributed by atoms with Gasteiger partial charge in [-0.1, -0.05) is 18.2 Å². The van der Waals surface area contributed by atoms with Gasteiger partial charge in [0.15, 0.2) is 0 Å². The molecule has 1 unspecified atom stereocenters. The summed E-state index contributed by atoms with van der Waals surface area (Å²) in [6.07, 6.45) is -4.12. The lowest BCUT2D eigenvalue weighted by Crippen LogP contribution is -2.31. The first kappa shape index (κ1) is 11.4. The van der Waals surface area contributed by atoms with Gasteiger partial charge in [-0.15, -0.1) is 0 Å². The van der Waals surface area contributed by atoms with E-state index in [1.807, 2.05) is 0 Å². The number of hydrogen-bond donors (Lipinski definition) is 2. The van der Waals surface area contributed by atoms with Crippen molar-refractivity contribution in [1.82, 2.24) is 5.32 Å². The van der Waals surface area contributed by atoms with Gasteiger partial charge < -0.3 is 10.4 Å². The molecule has 0 saturated carbocycles. The van der Waals surface area contributed by atoms with Gasteiger partial charge in [0.05, 0.1) is 5.56 Å². The van der Waals surface area contributed by atoms with Crippen LogP contribution < -0.4 is 5.32 Å². The number of hydrogen-bond acceptors (Lipinski definition) is 2. The predicted octanol–water partition coefficient (Wildman–Crippen LogP) is 1.89. The van der Waals surface area contributed by atoms with Crippen LogP contribution in [0.5, 0.6) is 0 Å². The van der Waals surface area contributed by atoms with Crippen molar-refractivity contribution < 1.29 is 18.3 Å². The first-order chi connectivity index (χ1) is 7.43. The van der Waals surface area contributed by atoms with Crippen molar-refractivity contribution in [3.8, 4) is 0 Å². The smallest absolute Gasteiger partial charge is 0.384 e. The van der Waals surface area contributed by atoms with Gasteiger partial charge in [0.25, 0.3) is 0 Å². The molecule has 1 aliphatic rings. The third kappa shape index (κ3) is 1.92. The number of halogens is 3. The summed E-state index contributed by atoms with van der Waals surface area (Å²) in [6.45, 7) is 0.697. The summed E-state index contributed by atoms with van der Waals surface area (Å²) in [4.78, 5) is 0. The number of rotatable bonds is 1. The fraction of sp³-hybridized carbons (Fsp3) is 0.455. The Hall–Kier alpha value is -1.07. The van der Waals surface area contributed by atoms with Crippen LogP contribution in [0, 0.1) is 0 Å². The van der Waals surface area contributed by atoms with Gasteiger partial charge in [-0.3, -0.25) is 0 Å². The summed E-state index contributed by atoms with van der Waals surface area (Å²) in [7, 11) is 0. The highest BCUT2D eigenvalue weighted by molar-refractivity contribution is 5.35. The van der Waals surface area contributed by atoms with Gasteiger partial charge in [0, 0.05) is 6.54 Å². The summed E-state index contributed by atoms with van der Waals surface area (Å²) in [5, 5.41) is 13.0. The van der Waals surface area contributed by atoms with E-state index in [0.717, 1.165) is 6.07 Å². The Morgan fingerprint density at radius 1 is 1.25 bits per heavy atom. The van der Waals surface area contributed by atoms with Crippen molar-refractivity contribution in [2.45, 2.75) is 18.2 Å². The maximum Gasteiger partial charge on any atom is 0.416 e. The third-order valence-corrected chi connectivity index (χ3v) is 2.87. The molecule has 0 bridgehead atoms. The molecular formula is C11H12F3NO. The summed E-state index contributed by atoms with van der Waals surface area (Å²) < 4.78 is 38.2. The lowest BCUT2D eigenvalue weighted by Gasteiger charge is -2.25. The summed E-state index contributed by atoms with van der Waals surface area (Å²) in [6, 6.07) is 5.19. The highest BCUT2D eigenvalue weighted by atomic mass is 19.4. The van der Waals surface area contributed by atoms with Crippen LogP contribution in [0.25, 0.3) is 0 Å². The number of β-amino-alcohol motifs (C(OH)–C–C–N with tert-alkyl or cyclic N) is 1. The normalized spacial score (nSPS) is 26.0. The van der Waals surface area contributed by atoms with E-state index in [0.29, 0.717) is 13.0 Å². The van der Waals surface area contributed by atoms with E-state index in [2.05, 4.69) is 5.32 Å². The van der Waals surface area contributed by atoms with Crippen LogP contribution in [-0.2, 0) is 11.8 Å². The Labute approximate surface area is 91.1 Å². The second-order valence-electron chi connectivity index (χ2n) is 4.00. The zero-order valence-electron chi connectivity index (χ0n) is 8.51. The Morgan fingerprint density at radius 2 is 1.94 bits per heavy atom. The molecule has 1 aliphatic heterocycles. The molecule has 0 radical (unpaired) electrons. The van der Waals surface area contributed by atoms with E-state index in [9.17, 15) is 18.3 Å². The molecular weight excluding hydrogens is 219 g/mol. The molecule has 0 spiro atoms. The van der Waals surface area contributed by atoms with E-state index >= 15 is 0 Å². The molecule has 1 saturated heterocycles. The fourth-order valence-corrected chi connectivity index (χ4v) is 2.04. The number of nitrogens with one attached hydrogen (secondary N) is 1. The molecule has 0 aromatic heterocycles. The molecule has 5 heteroatoms. The lowest BCUT2D eigenvalue weighted by molar-refractivity contribution is -0.140. The Balaban J connectivity index is 2.48. The molecule has 0 amide bonds. The minimum Gasteiger partial charge on any atom is -0.384 e. The zero-order chi connectivity index (χ0) is 11.8. The average Bonchev–Trinajstić information content (AvgIpc) is 2.65. The van der Waals surface area contributed by atoms with Gasteiger partial charge in [-0.25, -0.2) is 0 Å². The molecule has 1 fully saturated rings. The summed E-state index contributed by atoms with van der Waals surface area (Å²) in [5.41, 5.74) is -2.18. The van der Waals surface area contributed by atoms with Crippen LogP contribution in [0.4, 0.5) is 13.2 Å². The van der Waals surface area contributed by atoms with E-state index in [-0.39, 0.29) is 12.1 Å². The quantitative estimate of drug-likeness (QED) is 0.773. The molecule has 1 aromatic carbocycles. The Morgan fingerprint density at radius 3 is 2.50 bits per heavy atom. The molecule has 88 valence electrons. The summed E-state index contributed by atoms with van der Waals surface area (Å²) in [5.74, 6) is 0. The van der Waals surface area contributed by atoms with Gasteiger partial charge in [-0.2, -0.15) is 13.2 Å². The largest absolute Gasteiger partial charge is 0.416 e. The second-order valence-corrected chi connectivity index (χ2v) is 4.00. The topological polar surface area (TPSA) is 32.3 Å². The SMILES string of the molecule is OC1(c2ccccc2C(F)(F)F)CCNC1. The van der Waals surface area contributed by atoms with Crippen molar-refractivity contribution in [2.24, 2.45) is 0 Å². The zero-order valence-corrected chi connectivity index (χ0v) is 8.51. The van der Waals surface area contributed by atoms with Crippen molar-refractivity contribution in [3.63, 3.8) is 0 Å². The van der Waals surface area contributed by atoms with Crippen molar-refractivity contribution >= 4 is 0 Å². The summed E-state index contributed by atoms with van der Waals surface area (Å²) >= 11 is 0. The minimum atomic E-state index is -4.42. The lowest BCUT2D eigenvalue weighted by atomic mass is 9.89. The van der Waals surface area contributed by atoms with E-state index in [1.54, 1.807) is 0 Å². The van der Waals surface area contributed by atoms with Crippen LogP contribution in [0.3, 0.4) is 0 Å². The monoisotopic (exact) mass is 231 g/mol. The molecule has 16 heavy (non-hydrogen) atoms. The van der Waals surface area contributed by atoms with Crippen molar-refractivity contribution in [3.05, 3.63) is 35.4 Å². The average molecular weight is 231 g/mol. The fourth-order valence-electron chi connectivity index (χ4n) is 2.04. The van der Waals surface area contributed by atoms with E-state index < -0.39 is 17.3 Å². The van der Waals surface area contributed by atoms with Crippen LogP contribution >= 0.6 is 0 Å². The van der Waals surface area contributed by atoms with Crippen molar-refractivity contribution in [2.75, 3.05) is 13.1 Å². The molecule has 2 N–H and O–H groups in total. The third-order valence-electron chi connectivity index (χ3n) is 2.87. The van der Waals surface area contributed by atoms with Crippen LogP contribution in [-0.4, -0.2) is 18.2 Å². The standard InChI is InChI=1S/C11H12F3NO/c12-11(13,14)9-4-2-1-3-8(9)10(16)5-6-15-7-10/h1-4,15-16H,5-7H2.